The summed E-state index contributed by atoms with van der Waals surface area (Å²) in [5.41, 5.74) is 0. The van der Waals surface area contributed by atoms with Crippen molar-refractivity contribution < 1.29 is 28.4 Å². The van der Waals surface area contributed by atoms with Crippen LogP contribution in [0, 0.1) is 0 Å². The van der Waals surface area contributed by atoms with E-state index in [4.69, 9.17) is 28.4 Å². The van der Waals surface area contributed by atoms with Crippen molar-refractivity contribution in [3.05, 3.63) is 146 Å². The monoisotopic (exact) mass is 883 g/mol. The zero-order valence-corrected chi connectivity index (χ0v) is 42.5. The Morgan fingerprint density at radius 3 is 0.531 bits per heavy atom. The van der Waals surface area contributed by atoms with E-state index in [9.17, 15) is 0 Å². The van der Waals surface area contributed by atoms with Gasteiger partial charge in [-0.3, -0.25) is 0 Å². The summed E-state index contributed by atoms with van der Waals surface area (Å²) in [5.74, 6) is 0. The van der Waals surface area contributed by atoms with Crippen LogP contribution in [0.3, 0.4) is 0 Å². The molecule has 0 saturated carbocycles. The van der Waals surface area contributed by atoms with E-state index in [-0.39, 0.29) is 0 Å². The summed E-state index contributed by atoms with van der Waals surface area (Å²) in [6.45, 7) is 25.8. The molecule has 9 rings (SSSR count). The number of methoxy groups -OCH3 is 3. The number of rotatable bonds is 10. The lowest BCUT2D eigenvalue weighted by Crippen LogP contribution is -1.94. The standard InChI is InChI=1S/3C10H8.2C5H12.3C4H8O2.3C2H6/c3*1-2-6-10-8-4-3-7-9(10)5-1;2*1-3-5-4-2;3*1-5-2-4-3-6-4;3*1-2/h3*1-8H;2*3-5H2,1-2H3;3*4H,2-3H2,1H3;3*1-2H3. The second-order valence-corrected chi connectivity index (χ2v) is 14.0. The number of fused-ring (bicyclic) bond motifs is 3. The molecular formula is C58H90O6. The molecule has 3 unspecified atom stereocenters. The zero-order chi connectivity index (χ0) is 47.9. The van der Waals surface area contributed by atoms with Gasteiger partial charge < -0.3 is 28.4 Å². The summed E-state index contributed by atoms with van der Waals surface area (Å²) in [5, 5.41) is 7.86. The van der Waals surface area contributed by atoms with Crippen molar-refractivity contribution in [2.45, 2.75) is 126 Å². The van der Waals surface area contributed by atoms with E-state index < -0.39 is 0 Å². The molecule has 6 heteroatoms. The third-order valence-corrected chi connectivity index (χ3v) is 8.66. The molecule has 0 amide bonds. The summed E-state index contributed by atoms with van der Waals surface area (Å²) in [6.07, 6.45) is 9.43. The van der Waals surface area contributed by atoms with E-state index >= 15 is 0 Å². The predicted molar refractivity (Wildman–Crippen MR) is 281 cm³/mol. The van der Waals surface area contributed by atoms with Gasteiger partial charge in [-0.05, 0) is 32.3 Å². The average molecular weight is 883 g/mol. The molecule has 3 aliphatic rings. The van der Waals surface area contributed by atoms with Crippen LogP contribution in [0.5, 0.6) is 0 Å². The molecule has 0 aliphatic carbocycles. The first kappa shape index (κ1) is 61.9. The van der Waals surface area contributed by atoms with Crippen LogP contribution in [-0.2, 0) is 28.4 Å². The molecule has 6 aromatic carbocycles. The van der Waals surface area contributed by atoms with Crippen LogP contribution in [0.15, 0.2) is 146 Å². The van der Waals surface area contributed by atoms with Crippen molar-refractivity contribution in [2.75, 3.05) is 61.0 Å². The average Bonchev–Trinajstić information content (AvgIpc) is 4.22. The molecule has 0 radical (unpaired) electrons. The minimum Gasteiger partial charge on any atom is -0.382 e. The number of hydrogen-bond donors (Lipinski definition) is 0. The third-order valence-electron chi connectivity index (χ3n) is 8.66. The first-order valence-electron chi connectivity index (χ1n) is 24.2. The highest BCUT2D eigenvalue weighted by atomic mass is 16.6. The number of unbranched alkanes of at least 4 members (excludes halogenated alkanes) is 4. The van der Waals surface area contributed by atoms with Gasteiger partial charge in [0.1, 0.15) is 18.3 Å². The van der Waals surface area contributed by atoms with Gasteiger partial charge in [-0.1, -0.05) is 253 Å². The molecule has 6 nitrogen and oxygen atoms in total. The Bertz CT molecular complexity index is 1410. The molecule has 3 saturated heterocycles. The van der Waals surface area contributed by atoms with Crippen molar-refractivity contribution in [3.63, 3.8) is 0 Å². The van der Waals surface area contributed by atoms with Gasteiger partial charge in [0.2, 0.25) is 0 Å². The zero-order valence-electron chi connectivity index (χ0n) is 42.5. The van der Waals surface area contributed by atoms with E-state index in [0.29, 0.717) is 18.3 Å². The van der Waals surface area contributed by atoms with Crippen LogP contribution < -0.4 is 0 Å². The number of hydrogen-bond acceptors (Lipinski definition) is 6. The molecule has 3 aliphatic heterocycles. The van der Waals surface area contributed by atoms with Gasteiger partial charge in [-0.15, -0.1) is 0 Å². The SMILES string of the molecule is CC.CC.CC.CCCCC.CCCCC.COCC1CO1.COCC1CO1.COCC1CO1.c1ccc2ccccc2c1.c1ccc2ccccc2c1.c1ccc2ccccc2c1. The van der Waals surface area contributed by atoms with Crippen molar-refractivity contribution >= 4 is 32.3 Å². The first-order chi connectivity index (χ1) is 31.5. The van der Waals surface area contributed by atoms with Gasteiger partial charge in [-0.25, -0.2) is 0 Å². The van der Waals surface area contributed by atoms with Crippen molar-refractivity contribution in [1.82, 2.24) is 0 Å². The quantitative estimate of drug-likeness (QED) is 0.128. The smallest absolute Gasteiger partial charge is 0.104 e. The molecular weight excluding hydrogens is 793 g/mol. The molecule has 0 spiro atoms. The summed E-state index contributed by atoms with van der Waals surface area (Å²) < 4.78 is 28.7. The Morgan fingerprint density at radius 2 is 0.469 bits per heavy atom. The van der Waals surface area contributed by atoms with Crippen LogP contribution in [0.1, 0.15) is 108 Å². The van der Waals surface area contributed by atoms with Crippen LogP contribution in [0.4, 0.5) is 0 Å². The Balaban J connectivity index is 0. The highest BCUT2D eigenvalue weighted by Crippen LogP contribution is 2.13. The van der Waals surface area contributed by atoms with Crippen molar-refractivity contribution in [3.8, 4) is 0 Å². The Labute approximate surface area is 392 Å². The predicted octanol–water partition coefficient (Wildman–Crippen LogP) is 16.1. The lowest BCUT2D eigenvalue weighted by Gasteiger charge is -1.92. The van der Waals surface area contributed by atoms with Gasteiger partial charge in [0.15, 0.2) is 0 Å². The lowest BCUT2D eigenvalue weighted by molar-refractivity contribution is 0.171. The normalized spacial score (nSPS) is 14.9. The van der Waals surface area contributed by atoms with Gasteiger partial charge in [0.05, 0.1) is 39.6 Å². The Hall–Kier alpha value is -4.14. The van der Waals surface area contributed by atoms with Crippen LogP contribution in [0.2, 0.25) is 0 Å². The number of benzene rings is 6. The summed E-state index contributed by atoms with van der Waals surface area (Å²) >= 11 is 0. The minimum absolute atomic E-state index is 0.426. The minimum atomic E-state index is 0.426. The fraction of sp³-hybridized carbons (Fsp3) is 0.483. The summed E-state index contributed by atoms with van der Waals surface area (Å²) in [6, 6.07) is 50.1. The van der Waals surface area contributed by atoms with E-state index in [1.54, 1.807) is 21.3 Å². The molecule has 3 heterocycles. The lowest BCUT2D eigenvalue weighted by atomic mass is 10.1. The topological polar surface area (TPSA) is 65.3 Å². The van der Waals surface area contributed by atoms with Gasteiger partial charge in [-0.2, -0.15) is 0 Å². The van der Waals surface area contributed by atoms with Gasteiger partial charge in [0, 0.05) is 21.3 Å². The third kappa shape index (κ3) is 36.2. The second kappa shape index (κ2) is 46.8. The first-order valence-corrected chi connectivity index (χ1v) is 24.2. The van der Waals surface area contributed by atoms with Crippen LogP contribution in [-0.4, -0.2) is 79.3 Å². The van der Waals surface area contributed by atoms with Crippen molar-refractivity contribution in [1.29, 1.82) is 0 Å². The van der Waals surface area contributed by atoms with Crippen LogP contribution >= 0.6 is 0 Å². The van der Waals surface area contributed by atoms with Crippen LogP contribution in [0.25, 0.3) is 32.3 Å². The van der Waals surface area contributed by atoms with E-state index in [1.165, 1.54) is 70.8 Å². The summed E-state index contributed by atoms with van der Waals surface area (Å²) in [7, 11) is 5.05. The molecule has 64 heavy (non-hydrogen) atoms. The molecule has 0 N–H and O–H groups in total. The van der Waals surface area contributed by atoms with E-state index in [1.807, 2.05) is 41.5 Å². The highest BCUT2D eigenvalue weighted by molar-refractivity contribution is 5.83. The van der Waals surface area contributed by atoms with E-state index in [2.05, 4.69) is 173 Å². The molecule has 3 fully saturated rings. The van der Waals surface area contributed by atoms with Crippen molar-refractivity contribution in [2.24, 2.45) is 0 Å². The molecule has 3 atom stereocenters. The maximum absolute atomic E-state index is 4.82. The van der Waals surface area contributed by atoms with Gasteiger partial charge >= 0.3 is 0 Å². The van der Waals surface area contributed by atoms with E-state index in [0.717, 1.165) is 39.6 Å². The molecule has 358 valence electrons. The molecule has 6 aromatic rings. The highest BCUT2D eigenvalue weighted by Gasteiger charge is 2.22. The largest absolute Gasteiger partial charge is 0.382 e. The fourth-order valence-electron chi connectivity index (χ4n) is 5.16. The Morgan fingerprint density at radius 1 is 0.328 bits per heavy atom. The molecule has 0 aromatic heterocycles. The van der Waals surface area contributed by atoms with Gasteiger partial charge in [0.25, 0.3) is 0 Å². The molecule has 0 bridgehead atoms. The maximum Gasteiger partial charge on any atom is 0.104 e. The summed E-state index contributed by atoms with van der Waals surface area (Å²) in [4.78, 5) is 0. The fourth-order valence-corrected chi connectivity index (χ4v) is 5.16. The maximum atomic E-state index is 4.82. The Kier molecular flexibility index (Phi) is 45.3. The second-order valence-electron chi connectivity index (χ2n) is 14.0. The number of ether oxygens (including phenoxy) is 6. The number of epoxide rings is 3.